The first-order valence-corrected chi connectivity index (χ1v) is 7.33. The van der Waals surface area contributed by atoms with Crippen LogP contribution in [-0.2, 0) is 0 Å². The van der Waals surface area contributed by atoms with Gasteiger partial charge in [0.25, 0.3) is 0 Å². The predicted molar refractivity (Wildman–Crippen MR) is 84.7 cm³/mol. The highest BCUT2D eigenvalue weighted by Crippen LogP contribution is 2.23. The molecular formula is C17H18N4. The second kappa shape index (κ2) is 6.27. The number of benzene rings is 1. The van der Waals surface area contributed by atoms with Crippen molar-refractivity contribution in [1.82, 2.24) is 4.98 Å². The standard InChI is InChI=1S/C17H18N4/c18-13-16-12-15(8-9-19-16)20-14-4-6-17(7-5-14)21-10-2-1-3-11-21/h4-9,12H,1-3,10-11H2,(H,19,20). The number of pyridine rings is 1. The van der Waals surface area contributed by atoms with Crippen molar-refractivity contribution >= 4 is 17.1 Å². The molecule has 4 heteroatoms. The molecule has 1 aliphatic heterocycles. The van der Waals surface area contributed by atoms with Crippen LogP contribution in [0.4, 0.5) is 17.1 Å². The second-order valence-electron chi connectivity index (χ2n) is 5.26. The molecule has 0 aliphatic carbocycles. The maximum Gasteiger partial charge on any atom is 0.142 e. The predicted octanol–water partition coefficient (Wildman–Crippen LogP) is 3.69. The van der Waals surface area contributed by atoms with Crippen LogP contribution in [0.3, 0.4) is 0 Å². The lowest BCUT2D eigenvalue weighted by molar-refractivity contribution is 0.578. The summed E-state index contributed by atoms with van der Waals surface area (Å²) >= 11 is 0. The number of nitriles is 1. The van der Waals surface area contributed by atoms with Gasteiger partial charge in [0.05, 0.1) is 0 Å². The summed E-state index contributed by atoms with van der Waals surface area (Å²) < 4.78 is 0. The van der Waals surface area contributed by atoms with E-state index in [9.17, 15) is 0 Å². The monoisotopic (exact) mass is 278 g/mol. The normalized spacial score (nSPS) is 14.5. The largest absolute Gasteiger partial charge is 0.372 e. The topological polar surface area (TPSA) is 52.0 Å². The Morgan fingerprint density at radius 2 is 1.76 bits per heavy atom. The van der Waals surface area contributed by atoms with Gasteiger partial charge in [0.1, 0.15) is 11.8 Å². The quantitative estimate of drug-likeness (QED) is 0.930. The van der Waals surface area contributed by atoms with E-state index < -0.39 is 0 Å². The summed E-state index contributed by atoms with van der Waals surface area (Å²) in [6.07, 6.45) is 5.56. The molecule has 0 radical (unpaired) electrons. The molecule has 1 N–H and O–H groups in total. The number of hydrogen-bond acceptors (Lipinski definition) is 4. The Kier molecular flexibility index (Phi) is 4.02. The highest BCUT2D eigenvalue weighted by Gasteiger charge is 2.10. The van der Waals surface area contributed by atoms with Crippen LogP contribution in [0, 0.1) is 11.3 Å². The molecule has 1 aliphatic rings. The molecule has 0 atom stereocenters. The van der Waals surface area contributed by atoms with Crippen molar-refractivity contribution in [3.63, 3.8) is 0 Å². The summed E-state index contributed by atoms with van der Waals surface area (Å²) in [6, 6.07) is 14.1. The average Bonchev–Trinajstić information content (AvgIpc) is 2.56. The molecule has 21 heavy (non-hydrogen) atoms. The average molecular weight is 278 g/mol. The van der Waals surface area contributed by atoms with E-state index in [0.717, 1.165) is 24.5 Å². The van der Waals surface area contributed by atoms with Gasteiger partial charge >= 0.3 is 0 Å². The van der Waals surface area contributed by atoms with Crippen molar-refractivity contribution in [3.05, 3.63) is 48.3 Å². The minimum absolute atomic E-state index is 0.421. The lowest BCUT2D eigenvalue weighted by Gasteiger charge is -2.28. The van der Waals surface area contributed by atoms with Gasteiger partial charge in [0.2, 0.25) is 0 Å². The van der Waals surface area contributed by atoms with Gasteiger partial charge in [-0.2, -0.15) is 5.26 Å². The van der Waals surface area contributed by atoms with Crippen LogP contribution in [0.2, 0.25) is 0 Å². The van der Waals surface area contributed by atoms with Crippen molar-refractivity contribution in [2.24, 2.45) is 0 Å². The van der Waals surface area contributed by atoms with E-state index in [-0.39, 0.29) is 0 Å². The van der Waals surface area contributed by atoms with Crippen molar-refractivity contribution in [2.75, 3.05) is 23.3 Å². The van der Waals surface area contributed by atoms with Gasteiger partial charge in [-0.15, -0.1) is 0 Å². The summed E-state index contributed by atoms with van der Waals surface area (Å²) in [5, 5.41) is 12.2. The molecule has 0 spiro atoms. The number of hydrogen-bond donors (Lipinski definition) is 1. The van der Waals surface area contributed by atoms with Crippen molar-refractivity contribution < 1.29 is 0 Å². The van der Waals surface area contributed by atoms with Crippen LogP contribution >= 0.6 is 0 Å². The molecule has 0 unspecified atom stereocenters. The SMILES string of the molecule is N#Cc1cc(Nc2ccc(N3CCCCC3)cc2)ccn1. The second-order valence-corrected chi connectivity index (χ2v) is 5.26. The van der Waals surface area contributed by atoms with Gasteiger partial charge in [-0.1, -0.05) is 0 Å². The number of aromatic nitrogens is 1. The highest BCUT2D eigenvalue weighted by atomic mass is 15.1. The lowest BCUT2D eigenvalue weighted by atomic mass is 10.1. The molecule has 1 saturated heterocycles. The molecule has 2 heterocycles. The first-order valence-electron chi connectivity index (χ1n) is 7.33. The smallest absolute Gasteiger partial charge is 0.142 e. The summed E-state index contributed by atoms with van der Waals surface area (Å²) in [5.41, 5.74) is 3.61. The molecular weight excluding hydrogens is 260 g/mol. The van der Waals surface area contributed by atoms with E-state index in [1.165, 1.54) is 24.9 Å². The first kappa shape index (κ1) is 13.4. The van der Waals surface area contributed by atoms with Crippen molar-refractivity contribution in [2.45, 2.75) is 19.3 Å². The molecule has 0 amide bonds. The Bertz CT molecular complexity index is 637. The Labute approximate surface area is 125 Å². The highest BCUT2D eigenvalue weighted by molar-refractivity contribution is 5.63. The van der Waals surface area contributed by atoms with Crippen molar-refractivity contribution in [1.29, 1.82) is 5.26 Å². The van der Waals surface area contributed by atoms with Crippen LogP contribution in [-0.4, -0.2) is 18.1 Å². The molecule has 1 aromatic carbocycles. The number of anilines is 3. The zero-order chi connectivity index (χ0) is 14.5. The number of rotatable bonds is 3. The molecule has 0 saturated carbocycles. The summed E-state index contributed by atoms with van der Waals surface area (Å²) in [4.78, 5) is 6.41. The molecule has 4 nitrogen and oxygen atoms in total. The maximum absolute atomic E-state index is 8.86. The van der Waals surface area contributed by atoms with Crippen LogP contribution in [0.15, 0.2) is 42.6 Å². The zero-order valence-corrected chi connectivity index (χ0v) is 11.9. The minimum atomic E-state index is 0.421. The maximum atomic E-state index is 8.86. The number of nitrogens with one attached hydrogen (secondary N) is 1. The summed E-state index contributed by atoms with van der Waals surface area (Å²) in [7, 11) is 0. The lowest BCUT2D eigenvalue weighted by Crippen LogP contribution is -2.29. The third kappa shape index (κ3) is 3.32. The first-order chi connectivity index (χ1) is 10.3. The molecule has 2 aromatic rings. The molecule has 106 valence electrons. The van der Waals surface area contributed by atoms with E-state index in [0.29, 0.717) is 5.69 Å². The van der Waals surface area contributed by atoms with E-state index in [4.69, 9.17) is 5.26 Å². The molecule has 1 aromatic heterocycles. The van der Waals surface area contributed by atoms with E-state index >= 15 is 0 Å². The van der Waals surface area contributed by atoms with Crippen molar-refractivity contribution in [3.8, 4) is 6.07 Å². The molecule has 0 bridgehead atoms. The van der Waals surface area contributed by atoms with E-state index in [1.807, 2.05) is 12.1 Å². The number of nitrogens with zero attached hydrogens (tertiary/aromatic N) is 3. The Morgan fingerprint density at radius 1 is 1.00 bits per heavy atom. The van der Waals surface area contributed by atoms with Gasteiger partial charge < -0.3 is 10.2 Å². The van der Waals surface area contributed by atoms with Gasteiger partial charge in [-0.3, -0.25) is 0 Å². The van der Waals surface area contributed by atoms with Gasteiger partial charge in [0, 0.05) is 36.3 Å². The zero-order valence-electron chi connectivity index (χ0n) is 11.9. The van der Waals surface area contributed by atoms with Gasteiger partial charge in [-0.05, 0) is 55.7 Å². The third-order valence-electron chi connectivity index (χ3n) is 3.75. The fourth-order valence-corrected chi connectivity index (χ4v) is 2.64. The van der Waals surface area contributed by atoms with Crippen LogP contribution in [0.1, 0.15) is 25.0 Å². The molecule has 1 fully saturated rings. The van der Waals surface area contributed by atoms with Crippen LogP contribution < -0.4 is 10.2 Å². The fraction of sp³-hybridized carbons (Fsp3) is 0.294. The Balaban J connectivity index is 1.70. The van der Waals surface area contributed by atoms with Gasteiger partial charge in [-0.25, -0.2) is 4.98 Å². The van der Waals surface area contributed by atoms with Crippen LogP contribution in [0.5, 0.6) is 0 Å². The minimum Gasteiger partial charge on any atom is -0.372 e. The fourth-order valence-electron chi connectivity index (χ4n) is 2.64. The summed E-state index contributed by atoms with van der Waals surface area (Å²) in [5.74, 6) is 0. The summed E-state index contributed by atoms with van der Waals surface area (Å²) in [6.45, 7) is 2.31. The van der Waals surface area contributed by atoms with E-state index in [1.54, 1.807) is 12.3 Å². The Hall–Kier alpha value is -2.54. The van der Waals surface area contributed by atoms with E-state index in [2.05, 4.69) is 39.5 Å². The van der Waals surface area contributed by atoms with Crippen LogP contribution in [0.25, 0.3) is 0 Å². The molecule has 3 rings (SSSR count). The third-order valence-corrected chi connectivity index (χ3v) is 3.75. The Morgan fingerprint density at radius 3 is 2.48 bits per heavy atom. The number of piperidine rings is 1. The van der Waals surface area contributed by atoms with Gasteiger partial charge in [0.15, 0.2) is 0 Å².